The van der Waals surface area contributed by atoms with Gasteiger partial charge >= 0.3 is 0 Å². The second kappa shape index (κ2) is 4.18. The summed E-state index contributed by atoms with van der Waals surface area (Å²) < 4.78 is 6.79. The van der Waals surface area contributed by atoms with Gasteiger partial charge in [-0.1, -0.05) is 6.92 Å². The lowest BCUT2D eigenvalue weighted by Crippen LogP contribution is -2.15. The predicted molar refractivity (Wildman–Crippen MR) is 57.9 cm³/mol. The Hall–Kier alpha value is -2.11. The van der Waals surface area contributed by atoms with Gasteiger partial charge in [-0.2, -0.15) is 0 Å². The molecule has 0 radical (unpaired) electrons. The number of aromatic amines is 1. The monoisotopic (exact) mass is 220 g/mol. The molecule has 0 fully saturated rings. The highest BCUT2D eigenvalue weighted by Crippen LogP contribution is 2.15. The summed E-state index contributed by atoms with van der Waals surface area (Å²) in [6.07, 6.45) is 5.52. The number of methoxy groups -OCH3 is 1. The molecule has 2 aromatic rings. The smallest absolute Gasteiger partial charge is 0.295 e. The number of ether oxygens (including phenoxy) is 1. The molecule has 2 aromatic heterocycles. The molecule has 2 heterocycles. The average molecular weight is 220 g/mol. The van der Waals surface area contributed by atoms with Crippen LogP contribution in [0.2, 0.25) is 0 Å². The third kappa shape index (κ3) is 1.58. The van der Waals surface area contributed by atoms with Crippen molar-refractivity contribution < 1.29 is 4.74 Å². The first-order chi connectivity index (χ1) is 7.77. The van der Waals surface area contributed by atoms with Gasteiger partial charge in [0, 0.05) is 18.8 Å². The van der Waals surface area contributed by atoms with Crippen LogP contribution in [0.4, 0.5) is 0 Å². The summed E-state index contributed by atoms with van der Waals surface area (Å²) in [6, 6.07) is 0. The lowest BCUT2D eigenvalue weighted by atomic mass is 10.4. The van der Waals surface area contributed by atoms with Gasteiger partial charge < -0.3 is 9.72 Å². The first-order valence-corrected chi connectivity index (χ1v) is 4.92. The molecule has 6 heteroatoms. The number of hydrogen-bond donors (Lipinski definition) is 1. The van der Waals surface area contributed by atoms with Crippen molar-refractivity contribution in [2.45, 2.75) is 13.3 Å². The van der Waals surface area contributed by atoms with Crippen LogP contribution in [0.15, 0.2) is 23.5 Å². The number of H-pyrrole nitrogens is 1. The van der Waals surface area contributed by atoms with Crippen LogP contribution in [0.25, 0.3) is 5.82 Å². The number of aromatic nitrogens is 4. The van der Waals surface area contributed by atoms with Crippen LogP contribution in [-0.4, -0.2) is 26.6 Å². The first-order valence-electron chi connectivity index (χ1n) is 4.92. The molecule has 0 saturated carbocycles. The molecule has 84 valence electrons. The fourth-order valence-corrected chi connectivity index (χ4v) is 1.52. The molecule has 0 saturated heterocycles. The van der Waals surface area contributed by atoms with Gasteiger partial charge in [0.05, 0.1) is 13.4 Å². The molecule has 0 aromatic carbocycles. The zero-order valence-corrected chi connectivity index (χ0v) is 9.10. The first kappa shape index (κ1) is 10.4. The normalized spacial score (nSPS) is 10.4. The highest BCUT2D eigenvalue weighted by molar-refractivity contribution is 5.38. The molecule has 6 nitrogen and oxygen atoms in total. The molecular weight excluding hydrogens is 208 g/mol. The second-order valence-electron chi connectivity index (χ2n) is 3.16. The van der Waals surface area contributed by atoms with Gasteiger partial charge in [0.2, 0.25) is 5.75 Å². The van der Waals surface area contributed by atoms with Crippen molar-refractivity contribution >= 4 is 0 Å². The zero-order valence-electron chi connectivity index (χ0n) is 9.10. The predicted octanol–water partition coefficient (Wildman–Crippen LogP) is 0.527. The lowest BCUT2D eigenvalue weighted by Gasteiger charge is -2.08. The molecule has 0 spiro atoms. The van der Waals surface area contributed by atoms with Crippen LogP contribution in [0, 0.1) is 0 Å². The molecule has 0 amide bonds. The fourth-order valence-electron chi connectivity index (χ4n) is 1.52. The van der Waals surface area contributed by atoms with E-state index in [0.717, 1.165) is 12.2 Å². The van der Waals surface area contributed by atoms with Gasteiger partial charge in [-0.25, -0.2) is 9.97 Å². The van der Waals surface area contributed by atoms with Gasteiger partial charge in [-0.15, -0.1) is 0 Å². The van der Waals surface area contributed by atoms with E-state index in [2.05, 4.69) is 15.0 Å². The average Bonchev–Trinajstić information content (AvgIpc) is 2.76. The van der Waals surface area contributed by atoms with Gasteiger partial charge in [0.1, 0.15) is 5.82 Å². The van der Waals surface area contributed by atoms with E-state index in [9.17, 15) is 4.79 Å². The van der Waals surface area contributed by atoms with E-state index in [1.165, 1.54) is 13.4 Å². The Morgan fingerprint density at radius 2 is 2.31 bits per heavy atom. The van der Waals surface area contributed by atoms with Crippen LogP contribution in [0.1, 0.15) is 12.7 Å². The third-order valence-corrected chi connectivity index (χ3v) is 2.26. The Morgan fingerprint density at radius 3 is 3.00 bits per heavy atom. The van der Waals surface area contributed by atoms with Gasteiger partial charge in [-0.3, -0.25) is 9.36 Å². The minimum absolute atomic E-state index is 0.190. The molecule has 0 unspecified atom stereocenters. The van der Waals surface area contributed by atoms with E-state index in [1.807, 2.05) is 6.92 Å². The molecule has 0 bridgehead atoms. The van der Waals surface area contributed by atoms with E-state index in [-0.39, 0.29) is 11.3 Å². The Bertz CT molecular complexity index is 544. The van der Waals surface area contributed by atoms with Crippen molar-refractivity contribution in [2.75, 3.05) is 7.11 Å². The topological polar surface area (TPSA) is 72.8 Å². The lowest BCUT2D eigenvalue weighted by molar-refractivity contribution is 0.403. The summed E-state index contributed by atoms with van der Waals surface area (Å²) in [6.45, 7) is 1.98. The molecule has 1 N–H and O–H groups in total. The number of rotatable bonds is 3. The molecular formula is C10H12N4O2. The van der Waals surface area contributed by atoms with E-state index in [0.29, 0.717) is 5.82 Å². The summed E-state index contributed by atoms with van der Waals surface area (Å²) in [5, 5.41) is 0. The van der Waals surface area contributed by atoms with Crippen molar-refractivity contribution in [3.63, 3.8) is 0 Å². The second-order valence-corrected chi connectivity index (χ2v) is 3.16. The summed E-state index contributed by atoms with van der Waals surface area (Å²) in [7, 11) is 1.44. The van der Waals surface area contributed by atoms with Crippen LogP contribution < -0.4 is 10.3 Å². The van der Waals surface area contributed by atoms with Crippen LogP contribution in [-0.2, 0) is 6.42 Å². The summed E-state index contributed by atoms with van der Waals surface area (Å²) >= 11 is 0. The quantitative estimate of drug-likeness (QED) is 0.818. The number of aryl methyl sites for hydroxylation is 1. The summed E-state index contributed by atoms with van der Waals surface area (Å²) in [5.74, 6) is 1.48. The van der Waals surface area contributed by atoms with E-state index in [4.69, 9.17) is 4.74 Å². The van der Waals surface area contributed by atoms with Crippen LogP contribution >= 0.6 is 0 Å². The van der Waals surface area contributed by atoms with Gasteiger partial charge in [-0.05, 0) is 0 Å². The highest BCUT2D eigenvalue weighted by atomic mass is 16.5. The van der Waals surface area contributed by atoms with Crippen molar-refractivity contribution in [1.29, 1.82) is 0 Å². The minimum Gasteiger partial charge on any atom is -0.488 e. The maximum Gasteiger partial charge on any atom is 0.295 e. The minimum atomic E-state index is -0.303. The van der Waals surface area contributed by atoms with Crippen molar-refractivity contribution in [3.8, 4) is 11.6 Å². The summed E-state index contributed by atoms with van der Waals surface area (Å²) in [5.41, 5.74) is -0.303. The highest BCUT2D eigenvalue weighted by Gasteiger charge is 2.13. The number of nitrogens with one attached hydrogen (secondary N) is 1. The van der Waals surface area contributed by atoms with Crippen molar-refractivity contribution in [2.24, 2.45) is 0 Å². The third-order valence-electron chi connectivity index (χ3n) is 2.26. The van der Waals surface area contributed by atoms with Crippen molar-refractivity contribution in [3.05, 3.63) is 34.9 Å². The summed E-state index contributed by atoms with van der Waals surface area (Å²) in [4.78, 5) is 22.3. The molecule has 2 rings (SSSR count). The Kier molecular flexibility index (Phi) is 2.72. The molecule has 0 aliphatic carbocycles. The molecule has 0 aliphatic rings. The maximum atomic E-state index is 11.5. The SMILES string of the molecule is CCc1nccn1-c1nc[nH]c(=O)c1OC. The van der Waals surface area contributed by atoms with Gasteiger partial charge in [0.15, 0.2) is 5.82 Å². The Morgan fingerprint density at radius 1 is 1.50 bits per heavy atom. The van der Waals surface area contributed by atoms with E-state index in [1.54, 1.807) is 17.0 Å². The molecule has 0 aliphatic heterocycles. The van der Waals surface area contributed by atoms with Gasteiger partial charge in [0.25, 0.3) is 5.56 Å². The largest absolute Gasteiger partial charge is 0.488 e. The van der Waals surface area contributed by atoms with Crippen LogP contribution in [0.5, 0.6) is 5.75 Å². The fraction of sp³-hybridized carbons (Fsp3) is 0.300. The zero-order chi connectivity index (χ0) is 11.5. The van der Waals surface area contributed by atoms with E-state index < -0.39 is 0 Å². The standard InChI is InChI=1S/C10H12N4O2/c1-3-7-11-4-5-14(7)9-8(16-2)10(15)13-6-12-9/h4-6H,3H2,1-2H3,(H,12,13,15). The van der Waals surface area contributed by atoms with Crippen molar-refractivity contribution in [1.82, 2.24) is 19.5 Å². The van der Waals surface area contributed by atoms with E-state index >= 15 is 0 Å². The number of hydrogen-bond acceptors (Lipinski definition) is 4. The number of nitrogens with zero attached hydrogens (tertiary/aromatic N) is 3. The van der Waals surface area contributed by atoms with Crippen LogP contribution in [0.3, 0.4) is 0 Å². The Balaban J connectivity index is 2.64. The Labute approximate surface area is 91.9 Å². The number of imidazole rings is 1. The molecule has 16 heavy (non-hydrogen) atoms. The maximum absolute atomic E-state index is 11.5. The molecule has 0 atom stereocenters.